The van der Waals surface area contributed by atoms with Gasteiger partial charge >= 0.3 is 0 Å². The Bertz CT molecular complexity index is 717. The number of alkyl halides is 1. The molecule has 4 heteroatoms. The van der Waals surface area contributed by atoms with E-state index < -0.39 is 0 Å². The molecule has 1 aromatic heterocycles. The summed E-state index contributed by atoms with van der Waals surface area (Å²) in [5.74, 6) is 2.21. The van der Waals surface area contributed by atoms with Crippen molar-refractivity contribution in [3.63, 3.8) is 0 Å². The first-order valence-corrected chi connectivity index (χ1v) is 7.75. The van der Waals surface area contributed by atoms with Gasteiger partial charge in [-0.1, -0.05) is 6.07 Å². The number of rotatable bonds is 4. The fourth-order valence-electron chi connectivity index (χ4n) is 3.43. The highest BCUT2D eigenvalue weighted by Crippen LogP contribution is 2.62. The number of hydrogen-bond donors (Lipinski definition) is 0. The fourth-order valence-corrected chi connectivity index (χ4v) is 3.63. The van der Waals surface area contributed by atoms with Gasteiger partial charge in [-0.15, -0.1) is 11.6 Å². The Morgan fingerprint density at radius 2 is 2.20 bits per heavy atom. The van der Waals surface area contributed by atoms with Gasteiger partial charge < -0.3 is 4.57 Å². The van der Waals surface area contributed by atoms with Crippen LogP contribution in [0.5, 0.6) is 0 Å². The van der Waals surface area contributed by atoms with Crippen LogP contribution in [0.2, 0.25) is 0 Å². The van der Waals surface area contributed by atoms with Gasteiger partial charge in [-0.25, -0.2) is 4.98 Å². The highest BCUT2D eigenvalue weighted by atomic mass is 35.5. The second kappa shape index (κ2) is 4.23. The zero-order valence-electron chi connectivity index (χ0n) is 11.3. The molecule has 102 valence electrons. The number of fused-ring (bicyclic) bond motifs is 1. The normalized spacial score (nSPS) is 20.0. The molecule has 2 aromatic rings. The Morgan fingerprint density at radius 1 is 1.40 bits per heavy atom. The Labute approximate surface area is 123 Å². The van der Waals surface area contributed by atoms with Crippen LogP contribution in [0.25, 0.3) is 11.0 Å². The molecule has 0 spiro atoms. The van der Waals surface area contributed by atoms with E-state index in [2.05, 4.69) is 21.7 Å². The SMILES string of the molecule is N#Cc1cccc2c1nc(CCl)n2CC1(C2CC2)CC1. The molecule has 0 aliphatic heterocycles. The predicted octanol–water partition coefficient (Wildman–Crippen LogP) is 3.84. The van der Waals surface area contributed by atoms with Crippen LogP contribution in [0, 0.1) is 22.7 Å². The third kappa shape index (κ3) is 1.75. The van der Waals surface area contributed by atoms with E-state index in [9.17, 15) is 5.26 Å². The quantitative estimate of drug-likeness (QED) is 0.801. The molecule has 2 saturated carbocycles. The van der Waals surface area contributed by atoms with Gasteiger partial charge in [0.25, 0.3) is 0 Å². The molecular formula is C16H16ClN3. The third-order valence-corrected chi connectivity index (χ3v) is 5.15. The Hall–Kier alpha value is -1.53. The van der Waals surface area contributed by atoms with E-state index in [0.29, 0.717) is 16.9 Å². The molecule has 0 radical (unpaired) electrons. The summed E-state index contributed by atoms with van der Waals surface area (Å²) >= 11 is 6.08. The van der Waals surface area contributed by atoms with E-state index >= 15 is 0 Å². The fraction of sp³-hybridized carbons (Fsp3) is 0.500. The maximum Gasteiger partial charge on any atom is 0.124 e. The predicted molar refractivity (Wildman–Crippen MR) is 78.4 cm³/mol. The first kappa shape index (κ1) is 12.2. The lowest BCUT2D eigenvalue weighted by atomic mass is 10.0. The average molecular weight is 286 g/mol. The second-order valence-electron chi connectivity index (χ2n) is 6.17. The van der Waals surface area contributed by atoms with Gasteiger partial charge in [0.15, 0.2) is 0 Å². The third-order valence-electron chi connectivity index (χ3n) is 4.91. The monoisotopic (exact) mass is 285 g/mol. The molecule has 2 fully saturated rings. The van der Waals surface area contributed by atoms with Gasteiger partial charge in [-0.05, 0) is 49.1 Å². The lowest BCUT2D eigenvalue weighted by molar-refractivity contribution is 0.371. The van der Waals surface area contributed by atoms with Crippen molar-refractivity contribution in [2.24, 2.45) is 11.3 Å². The van der Waals surface area contributed by atoms with Gasteiger partial charge in [0, 0.05) is 6.54 Å². The maximum atomic E-state index is 9.22. The average Bonchev–Trinajstić information content (AvgIpc) is 3.35. The van der Waals surface area contributed by atoms with Gasteiger partial charge in [0.05, 0.1) is 17.0 Å². The maximum absolute atomic E-state index is 9.22. The number of nitriles is 1. The first-order chi connectivity index (χ1) is 9.77. The number of imidazole rings is 1. The molecule has 2 aliphatic carbocycles. The van der Waals surface area contributed by atoms with Crippen LogP contribution in [-0.4, -0.2) is 9.55 Å². The van der Waals surface area contributed by atoms with Crippen molar-refractivity contribution in [1.82, 2.24) is 9.55 Å². The molecule has 0 atom stereocenters. The van der Waals surface area contributed by atoms with Crippen LogP contribution in [0.3, 0.4) is 0 Å². The van der Waals surface area contributed by atoms with Gasteiger partial charge in [0.2, 0.25) is 0 Å². The van der Waals surface area contributed by atoms with Gasteiger partial charge in [-0.2, -0.15) is 5.26 Å². The number of para-hydroxylation sites is 1. The highest BCUT2D eigenvalue weighted by molar-refractivity contribution is 6.16. The smallest absolute Gasteiger partial charge is 0.124 e. The van der Waals surface area contributed by atoms with Crippen molar-refractivity contribution in [2.75, 3.05) is 0 Å². The Balaban J connectivity index is 1.83. The van der Waals surface area contributed by atoms with Crippen molar-refractivity contribution >= 4 is 22.6 Å². The largest absolute Gasteiger partial charge is 0.326 e. The minimum Gasteiger partial charge on any atom is -0.326 e. The molecule has 1 aromatic carbocycles. The summed E-state index contributed by atoms with van der Waals surface area (Å²) in [5.41, 5.74) is 3.00. The number of hydrogen-bond acceptors (Lipinski definition) is 2. The second-order valence-corrected chi connectivity index (χ2v) is 6.44. The van der Waals surface area contributed by atoms with Crippen LogP contribution >= 0.6 is 11.6 Å². The van der Waals surface area contributed by atoms with Crippen LogP contribution < -0.4 is 0 Å². The number of halogens is 1. The molecule has 0 bridgehead atoms. The Morgan fingerprint density at radius 3 is 2.80 bits per heavy atom. The summed E-state index contributed by atoms with van der Waals surface area (Å²) in [5, 5.41) is 9.22. The number of nitrogens with zero attached hydrogens (tertiary/aromatic N) is 3. The van der Waals surface area contributed by atoms with E-state index in [1.165, 1.54) is 25.7 Å². The van der Waals surface area contributed by atoms with E-state index in [0.717, 1.165) is 29.3 Å². The minimum absolute atomic E-state index is 0.403. The van der Waals surface area contributed by atoms with Gasteiger partial charge in [-0.3, -0.25) is 0 Å². The molecule has 0 unspecified atom stereocenters. The number of benzene rings is 1. The van der Waals surface area contributed by atoms with Crippen molar-refractivity contribution < 1.29 is 0 Å². The summed E-state index contributed by atoms with van der Waals surface area (Å²) in [4.78, 5) is 4.60. The lowest BCUT2D eigenvalue weighted by Gasteiger charge is -2.17. The molecule has 2 aliphatic rings. The molecule has 3 nitrogen and oxygen atoms in total. The van der Waals surface area contributed by atoms with Crippen LogP contribution in [0.1, 0.15) is 37.1 Å². The van der Waals surface area contributed by atoms with Gasteiger partial charge in [0.1, 0.15) is 17.4 Å². The summed E-state index contributed by atoms with van der Waals surface area (Å²) in [6.45, 7) is 1.02. The lowest BCUT2D eigenvalue weighted by Crippen LogP contribution is -2.15. The topological polar surface area (TPSA) is 41.6 Å². The molecule has 0 saturated heterocycles. The molecule has 0 amide bonds. The highest BCUT2D eigenvalue weighted by Gasteiger charge is 2.54. The van der Waals surface area contributed by atoms with E-state index in [-0.39, 0.29) is 0 Å². The summed E-state index contributed by atoms with van der Waals surface area (Å²) < 4.78 is 2.26. The summed E-state index contributed by atoms with van der Waals surface area (Å²) in [7, 11) is 0. The van der Waals surface area contributed by atoms with E-state index in [4.69, 9.17) is 11.6 Å². The zero-order chi connectivity index (χ0) is 13.7. The molecule has 1 heterocycles. The summed E-state index contributed by atoms with van der Waals surface area (Å²) in [6, 6.07) is 8.05. The molecule has 4 rings (SSSR count). The number of aromatic nitrogens is 2. The molecule has 0 N–H and O–H groups in total. The van der Waals surface area contributed by atoms with E-state index in [1.54, 1.807) is 0 Å². The molecular weight excluding hydrogens is 270 g/mol. The first-order valence-electron chi connectivity index (χ1n) is 7.21. The van der Waals surface area contributed by atoms with Crippen molar-refractivity contribution in [1.29, 1.82) is 5.26 Å². The standard InChI is InChI=1S/C16H16ClN3/c17-8-14-19-15-11(9-18)2-1-3-13(15)20(14)10-16(6-7-16)12-4-5-12/h1-3,12H,4-8,10H2. The van der Waals surface area contributed by atoms with Crippen LogP contribution in [-0.2, 0) is 12.4 Å². The summed E-state index contributed by atoms with van der Waals surface area (Å²) in [6.07, 6.45) is 5.42. The van der Waals surface area contributed by atoms with E-state index in [1.807, 2.05) is 12.1 Å². The Kier molecular flexibility index (Phi) is 2.59. The van der Waals surface area contributed by atoms with Crippen molar-refractivity contribution in [3.05, 3.63) is 29.6 Å². The zero-order valence-corrected chi connectivity index (χ0v) is 12.0. The van der Waals surface area contributed by atoms with Crippen molar-refractivity contribution in [3.8, 4) is 6.07 Å². The van der Waals surface area contributed by atoms with Crippen LogP contribution in [0.15, 0.2) is 18.2 Å². The van der Waals surface area contributed by atoms with Crippen LogP contribution in [0.4, 0.5) is 0 Å². The van der Waals surface area contributed by atoms with Crippen molar-refractivity contribution in [2.45, 2.75) is 38.1 Å². The molecule has 20 heavy (non-hydrogen) atoms. The minimum atomic E-state index is 0.403.